The zero-order chi connectivity index (χ0) is 8.97. The van der Waals surface area contributed by atoms with E-state index < -0.39 is 0 Å². The number of rotatable bonds is 3. The van der Waals surface area contributed by atoms with Crippen molar-refractivity contribution in [2.75, 3.05) is 6.54 Å². The maximum atomic E-state index is 10.1. The van der Waals surface area contributed by atoms with Gasteiger partial charge in [0.1, 0.15) is 0 Å². The molecule has 0 spiro atoms. The van der Waals surface area contributed by atoms with Crippen molar-refractivity contribution in [2.45, 2.75) is 12.8 Å². The first kappa shape index (κ1) is 8.58. The van der Waals surface area contributed by atoms with E-state index in [2.05, 4.69) is 9.97 Å². The Kier molecular flexibility index (Phi) is 2.68. The predicted octanol–water partition coefficient (Wildman–Crippen LogP) is 0.857. The zero-order valence-electron chi connectivity index (χ0n) is 6.67. The third-order valence-corrected chi connectivity index (χ3v) is 1.51. The Morgan fingerprint density at radius 3 is 2.92 bits per heavy atom. The first-order valence-corrected chi connectivity index (χ1v) is 3.58. The van der Waals surface area contributed by atoms with Gasteiger partial charge in [-0.1, -0.05) is 6.92 Å². The fraction of sp³-hybridized carbons (Fsp3) is 0.429. The molecule has 1 aromatic rings. The van der Waals surface area contributed by atoms with Crippen LogP contribution in [0.1, 0.15) is 18.5 Å². The van der Waals surface area contributed by atoms with Gasteiger partial charge in [-0.25, -0.2) is 0 Å². The zero-order valence-corrected chi connectivity index (χ0v) is 6.67. The molecule has 0 aromatic carbocycles. The minimum Gasteiger partial charge on any atom is -0.265 e. The molecule has 0 radical (unpaired) electrons. The normalized spacial score (nSPS) is 12.4. The highest BCUT2D eigenvalue weighted by molar-refractivity contribution is 5.01. The Labute approximate surface area is 69.6 Å². The first-order valence-electron chi connectivity index (χ1n) is 3.58. The lowest BCUT2D eigenvalue weighted by molar-refractivity contribution is -0.482. The maximum absolute atomic E-state index is 10.1. The van der Waals surface area contributed by atoms with Crippen molar-refractivity contribution in [1.29, 1.82) is 0 Å². The van der Waals surface area contributed by atoms with Crippen LogP contribution in [-0.2, 0) is 0 Å². The second-order valence-electron chi connectivity index (χ2n) is 2.55. The summed E-state index contributed by atoms with van der Waals surface area (Å²) in [6.45, 7) is 1.66. The van der Waals surface area contributed by atoms with E-state index in [9.17, 15) is 10.1 Å². The number of aromatic nitrogens is 2. The summed E-state index contributed by atoms with van der Waals surface area (Å²) in [5.74, 6) is -0.173. The van der Waals surface area contributed by atoms with Crippen molar-refractivity contribution in [3.8, 4) is 0 Å². The Balaban J connectivity index is 2.65. The van der Waals surface area contributed by atoms with E-state index in [0.29, 0.717) is 5.69 Å². The number of hydrogen-bond acceptors (Lipinski definition) is 4. The maximum Gasteiger partial charge on any atom is 0.211 e. The van der Waals surface area contributed by atoms with Gasteiger partial charge in [-0.2, -0.15) is 0 Å². The van der Waals surface area contributed by atoms with Crippen molar-refractivity contribution in [1.82, 2.24) is 9.97 Å². The highest BCUT2D eigenvalue weighted by atomic mass is 16.6. The highest BCUT2D eigenvalue weighted by Crippen LogP contribution is 2.09. The standard InChI is InChI=1S/C7H9N3O2/c1-6(5-10(11)12)7-4-8-2-3-9-7/h2-4,6H,5H2,1H3. The second-order valence-corrected chi connectivity index (χ2v) is 2.55. The molecule has 0 bridgehead atoms. The Morgan fingerprint density at radius 1 is 1.67 bits per heavy atom. The molecule has 1 unspecified atom stereocenters. The summed E-state index contributed by atoms with van der Waals surface area (Å²) >= 11 is 0. The molecular formula is C7H9N3O2. The number of nitro groups is 1. The lowest BCUT2D eigenvalue weighted by atomic mass is 10.1. The van der Waals surface area contributed by atoms with Crippen LogP contribution in [0.15, 0.2) is 18.6 Å². The van der Waals surface area contributed by atoms with Crippen LogP contribution < -0.4 is 0 Å². The molecular weight excluding hydrogens is 158 g/mol. The van der Waals surface area contributed by atoms with Crippen LogP contribution in [-0.4, -0.2) is 21.4 Å². The Hall–Kier alpha value is -1.52. The molecule has 0 fully saturated rings. The fourth-order valence-electron chi connectivity index (χ4n) is 0.882. The quantitative estimate of drug-likeness (QED) is 0.494. The molecule has 64 valence electrons. The van der Waals surface area contributed by atoms with Crippen LogP contribution >= 0.6 is 0 Å². The van der Waals surface area contributed by atoms with E-state index in [1.54, 1.807) is 19.3 Å². The van der Waals surface area contributed by atoms with Gasteiger partial charge in [-0.05, 0) is 0 Å². The van der Waals surface area contributed by atoms with Gasteiger partial charge in [-0.15, -0.1) is 0 Å². The molecule has 0 amide bonds. The minimum atomic E-state index is -0.348. The molecule has 12 heavy (non-hydrogen) atoms. The third-order valence-electron chi connectivity index (χ3n) is 1.51. The van der Waals surface area contributed by atoms with Gasteiger partial charge in [0.25, 0.3) is 0 Å². The SMILES string of the molecule is CC(C[N+](=O)[O-])c1cnccn1. The van der Waals surface area contributed by atoms with Crippen molar-refractivity contribution in [3.05, 3.63) is 34.4 Å². The van der Waals surface area contributed by atoms with Gasteiger partial charge in [0.05, 0.1) is 11.6 Å². The van der Waals surface area contributed by atoms with E-state index in [1.807, 2.05) is 0 Å². The second kappa shape index (κ2) is 3.75. The van der Waals surface area contributed by atoms with Crippen LogP contribution in [0, 0.1) is 10.1 Å². The van der Waals surface area contributed by atoms with Gasteiger partial charge >= 0.3 is 0 Å². The predicted molar refractivity (Wildman–Crippen MR) is 42.3 cm³/mol. The molecule has 0 saturated heterocycles. The Bertz CT molecular complexity index is 263. The summed E-state index contributed by atoms with van der Waals surface area (Å²) in [6.07, 6.45) is 4.63. The molecule has 1 rings (SSSR count). The molecule has 5 heteroatoms. The van der Waals surface area contributed by atoms with Crippen molar-refractivity contribution >= 4 is 0 Å². The summed E-state index contributed by atoms with van der Waals surface area (Å²) in [7, 11) is 0. The fourth-order valence-corrected chi connectivity index (χ4v) is 0.882. The van der Waals surface area contributed by atoms with E-state index in [1.165, 1.54) is 6.20 Å². The molecule has 0 N–H and O–H groups in total. The summed E-state index contributed by atoms with van der Waals surface area (Å²) in [5.41, 5.74) is 0.661. The van der Waals surface area contributed by atoms with Gasteiger partial charge in [0.2, 0.25) is 6.54 Å². The van der Waals surface area contributed by atoms with E-state index in [0.717, 1.165) is 0 Å². The highest BCUT2D eigenvalue weighted by Gasteiger charge is 2.12. The first-order chi connectivity index (χ1) is 5.70. The van der Waals surface area contributed by atoms with Crippen LogP contribution in [0.4, 0.5) is 0 Å². The van der Waals surface area contributed by atoms with E-state index in [4.69, 9.17) is 0 Å². The van der Waals surface area contributed by atoms with Crippen LogP contribution in [0.2, 0.25) is 0 Å². The number of nitrogens with zero attached hydrogens (tertiary/aromatic N) is 3. The minimum absolute atomic E-state index is 0.0985. The number of hydrogen-bond donors (Lipinski definition) is 0. The largest absolute Gasteiger partial charge is 0.265 e. The summed E-state index contributed by atoms with van der Waals surface area (Å²) < 4.78 is 0. The van der Waals surface area contributed by atoms with Crippen molar-refractivity contribution in [3.63, 3.8) is 0 Å². The van der Waals surface area contributed by atoms with Crippen molar-refractivity contribution in [2.24, 2.45) is 0 Å². The van der Waals surface area contributed by atoms with Crippen LogP contribution in [0.25, 0.3) is 0 Å². The molecule has 0 aliphatic rings. The lowest BCUT2D eigenvalue weighted by Crippen LogP contribution is -2.10. The molecule has 0 aliphatic heterocycles. The third kappa shape index (κ3) is 2.26. The molecule has 1 aromatic heterocycles. The van der Waals surface area contributed by atoms with Gasteiger partial charge in [0, 0.05) is 23.5 Å². The van der Waals surface area contributed by atoms with E-state index >= 15 is 0 Å². The van der Waals surface area contributed by atoms with Crippen LogP contribution in [0.5, 0.6) is 0 Å². The van der Waals surface area contributed by atoms with Crippen LogP contribution in [0.3, 0.4) is 0 Å². The average Bonchev–Trinajstić information content (AvgIpc) is 2.05. The summed E-state index contributed by atoms with van der Waals surface area (Å²) in [4.78, 5) is 17.6. The molecule has 5 nitrogen and oxygen atoms in total. The van der Waals surface area contributed by atoms with Gasteiger partial charge < -0.3 is 0 Å². The van der Waals surface area contributed by atoms with Crippen molar-refractivity contribution < 1.29 is 4.92 Å². The molecule has 0 saturated carbocycles. The topological polar surface area (TPSA) is 68.9 Å². The Morgan fingerprint density at radius 2 is 2.42 bits per heavy atom. The molecule has 0 aliphatic carbocycles. The van der Waals surface area contributed by atoms with E-state index in [-0.39, 0.29) is 17.4 Å². The molecule has 1 heterocycles. The monoisotopic (exact) mass is 167 g/mol. The molecule has 1 atom stereocenters. The summed E-state index contributed by atoms with van der Waals surface area (Å²) in [6, 6.07) is 0. The van der Waals surface area contributed by atoms with Gasteiger partial charge in [0.15, 0.2) is 0 Å². The lowest BCUT2D eigenvalue weighted by Gasteiger charge is -2.03. The van der Waals surface area contributed by atoms with Gasteiger partial charge in [-0.3, -0.25) is 20.1 Å². The smallest absolute Gasteiger partial charge is 0.211 e. The average molecular weight is 167 g/mol. The summed E-state index contributed by atoms with van der Waals surface area (Å²) in [5, 5.41) is 10.1.